The minimum atomic E-state index is 0.307. The number of benzene rings is 1. The molecule has 0 aliphatic carbocycles. The van der Waals surface area contributed by atoms with Gasteiger partial charge in [-0.15, -0.1) is 0 Å². The van der Waals surface area contributed by atoms with E-state index in [0.717, 1.165) is 80.8 Å². The molecular formula is C22H27N5O2. The van der Waals surface area contributed by atoms with E-state index in [4.69, 9.17) is 14.5 Å². The van der Waals surface area contributed by atoms with Crippen LogP contribution in [-0.2, 0) is 16.0 Å². The van der Waals surface area contributed by atoms with Crippen molar-refractivity contribution in [1.29, 1.82) is 0 Å². The van der Waals surface area contributed by atoms with Crippen LogP contribution in [0, 0.1) is 0 Å². The summed E-state index contributed by atoms with van der Waals surface area (Å²) in [6, 6.07) is 11.1. The Morgan fingerprint density at radius 1 is 1.07 bits per heavy atom. The maximum Gasteiger partial charge on any atom is 0.134 e. The van der Waals surface area contributed by atoms with Crippen LogP contribution in [0.4, 0.5) is 17.2 Å². The second kappa shape index (κ2) is 8.00. The van der Waals surface area contributed by atoms with Crippen molar-refractivity contribution in [2.45, 2.75) is 19.0 Å². The molecule has 0 amide bonds. The van der Waals surface area contributed by atoms with Gasteiger partial charge in [-0.2, -0.15) is 0 Å². The van der Waals surface area contributed by atoms with Gasteiger partial charge < -0.3 is 24.6 Å². The summed E-state index contributed by atoms with van der Waals surface area (Å²) in [4.78, 5) is 14.1. The second-order valence-electron chi connectivity index (χ2n) is 7.86. The van der Waals surface area contributed by atoms with Crippen molar-refractivity contribution in [3.05, 3.63) is 35.9 Å². The topological polar surface area (TPSA) is 62.2 Å². The largest absolute Gasteiger partial charge is 0.379 e. The van der Waals surface area contributed by atoms with E-state index in [-0.39, 0.29) is 0 Å². The molecule has 4 heterocycles. The molecular weight excluding hydrogens is 366 g/mol. The van der Waals surface area contributed by atoms with Gasteiger partial charge in [0.1, 0.15) is 5.82 Å². The van der Waals surface area contributed by atoms with Gasteiger partial charge in [0.05, 0.1) is 43.6 Å². The Balaban J connectivity index is 1.46. The third kappa shape index (κ3) is 3.93. The summed E-state index contributed by atoms with van der Waals surface area (Å²) in [6.07, 6.45) is 2.89. The molecule has 3 aliphatic heterocycles. The minimum absolute atomic E-state index is 0.307. The van der Waals surface area contributed by atoms with E-state index >= 15 is 0 Å². The van der Waals surface area contributed by atoms with Crippen LogP contribution in [-0.4, -0.2) is 68.8 Å². The fourth-order valence-corrected chi connectivity index (χ4v) is 4.05. The number of hydrogen-bond donors (Lipinski definition) is 1. The van der Waals surface area contributed by atoms with Crippen molar-refractivity contribution in [2.24, 2.45) is 4.99 Å². The predicted octanol–water partition coefficient (Wildman–Crippen LogP) is 2.89. The van der Waals surface area contributed by atoms with Crippen LogP contribution in [0.2, 0.25) is 0 Å². The number of aromatic nitrogens is 1. The fraction of sp³-hybridized carbons (Fsp3) is 0.455. The number of nitrogens with zero attached hydrogens (tertiary/aromatic N) is 4. The molecule has 152 valence electrons. The molecule has 29 heavy (non-hydrogen) atoms. The number of rotatable bonds is 4. The third-order valence-corrected chi connectivity index (χ3v) is 5.71. The van der Waals surface area contributed by atoms with Crippen LogP contribution < -0.4 is 10.2 Å². The molecule has 0 radical (unpaired) electrons. The third-order valence-electron chi connectivity index (χ3n) is 5.71. The smallest absolute Gasteiger partial charge is 0.134 e. The molecule has 1 aromatic heterocycles. The van der Waals surface area contributed by atoms with Crippen LogP contribution in [0.15, 0.2) is 35.3 Å². The van der Waals surface area contributed by atoms with Gasteiger partial charge in [-0.1, -0.05) is 12.1 Å². The molecule has 0 unspecified atom stereocenters. The zero-order valence-electron chi connectivity index (χ0n) is 16.8. The number of nitrogens with one attached hydrogen (secondary N) is 1. The Morgan fingerprint density at radius 3 is 2.66 bits per heavy atom. The first kappa shape index (κ1) is 18.4. The highest BCUT2D eigenvalue weighted by atomic mass is 16.5. The fourth-order valence-electron chi connectivity index (χ4n) is 4.05. The van der Waals surface area contributed by atoms with E-state index < -0.39 is 0 Å². The Hall–Kier alpha value is -2.64. The van der Waals surface area contributed by atoms with Crippen molar-refractivity contribution in [2.75, 3.05) is 56.8 Å². The van der Waals surface area contributed by atoms with Crippen LogP contribution in [0.5, 0.6) is 0 Å². The van der Waals surface area contributed by atoms with Crippen LogP contribution in [0.1, 0.15) is 12.0 Å². The highest BCUT2D eigenvalue weighted by Gasteiger charge is 2.22. The van der Waals surface area contributed by atoms with Gasteiger partial charge in [0.2, 0.25) is 0 Å². The summed E-state index contributed by atoms with van der Waals surface area (Å²) >= 11 is 0. The lowest BCUT2D eigenvalue weighted by atomic mass is 10.1. The number of ether oxygens (including phenoxy) is 2. The molecule has 7 heteroatoms. The number of hydrogen-bond acceptors (Lipinski definition) is 7. The van der Waals surface area contributed by atoms with Gasteiger partial charge in [-0.05, 0) is 24.6 Å². The standard InChI is InChI=1S/C22H27N5O2/c1-26-13-19-21(23-15-26)12-20(25-22(19)24-17-6-9-29-14-17)16-2-4-18(5-3-16)27-7-10-28-11-8-27/h2-5,12,15,17H,6-11,13-14H2,1H3,(H,24,25)/t17-/m1/s1. The lowest BCUT2D eigenvalue weighted by Crippen LogP contribution is -2.36. The maximum absolute atomic E-state index is 5.54. The zero-order chi connectivity index (χ0) is 19.6. The average Bonchev–Trinajstić information content (AvgIpc) is 3.28. The second-order valence-corrected chi connectivity index (χ2v) is 7.86. The SMILES string of the molecule is CN1C=Nc2cc(-c3ccc(N4CCOCC4)cc3)nc(N[C@@H]3CCOC3)c2C1. The maximum atomic E-state index is 5.54. The van der Waals surface area contributed by atoms with Gasteiger partial charge in [-0.3, -0.25) is 0 Å². The summed E-state index contributed by atoms with van der Waals surface area (Å²) in [7, 11) is 2.03. The van der Waals surface area contributed by atoms with Crippen LogP contribution >= 0.6 is 0 Å². The number of anilines is 2. The molecule has 2 saturated heterocycles. The van der Waals surface area contributed by atoms with Crippen molar-refractivity contribution < 1.29 is 9.47 Å². The number of fused-ring (bicyclic) bond motifs is 1. The van der Waals surface area contributed by atoms with Crippen molar-refractivity contribution >= 4 is 23.5 Å². The summed E-state index contributed by atoms with van der Waals surface area (Å²) in [5.41, 5.74) is 5.42. The van der Waals surface area contributed by atoms with E-state index in [9.17, 15) is 0 Å². The quantitative estimate of drug-likeness (QED) is 0.862. The summed E-state index contributed by atoms with van der Waals surface area (Å²) < 4.78 is 11.0. The Kier molecular flexibility index (Phi) is 5.08. The molecule has 0 saturated carbocycles. The van der Waals surface area contributed by atoms with Crippen molar-refractivity contribution in [3.8, 4) is 11.3 Å². The summed E-state index contributed by atoms with van der Waals surface area (Å²) in [5.74, 6) is 0.925. The Labute approximate surface area is 171 Å². The van der Waals surface area contributed by atoms with E-state index in [1.54, 1.807) is 0 Å². The highest BCUT2D eigenvalue weighted by molar-refractivity contribution is 5.76. The first-order chi connectivity index (χ1) is 14.3. The van der Waals surface area contributed by atoms with Gasteiger partial charge in [0, 0.05) is 50.1 Å². The van der Waals surface area contributed by atoms with E-state index in [1.165, 1.54) is 5.69 Å². The monoisotopic (exact) mass is 393 g/mol. The molecule has 3 aliphatic rings. The molecule has 0 spiro atoms. The Bertz CT molecular complexity index is 887. The Morgan fingerprint density at radius 2 is 1.90 bits per heavy atom. The van der Waals surface area contributed by atoms with Gasteiger partial charge >= 0.3 is 0 Å². The molecule has 2 fully saturated rings. The van der Waals surface area contributed by atoms with E-state index in [0.29, 0.717) is 6.04 Å². The molecule has 1 N–H and O–H groups in total. The molecule has 1 aromatic carbocycles. The first-order valence-corrected chi connectivity index (χ1v) is 10.3. The number of aliphatic imine (C=N–C) groups is 1. The number of morpholine rings is 1. The minimum Gasteiger partial charge on any atom is -0.379 e. The van der Waals surface area contributed by atoms with Gasteiger partial charge in [0.25, 0.3) is 0 Å². The average molecular weight is 393 g/mol. The zero-order valence-corrected chi connectivity index (χ0v) is 16.8. The van der Waals surface area contributed by atoms with Crippen molar-refractivity contribution in [3.63, 3.8) is 0 Å². The van der Waals surface area contributed by atoms with Crippen LogP contribution in [0.3, 0.4) is 0 Å². The summed E-state index contributed by atoms with van der Waals surface area (Å²) in [5, 5.41) is 3.60. The lowest BCUT2D eigenvalue weighted by molar-refractivity contribution is 0.122. The molecule has 5 rings (SSSR count). The predicted molar refractivity (Wildman–Crippen MR) is 115 cm³/mol. The highest BCUT2D eigenvalue weighted by Crippen LogP contribution is 2.35. The van der Waals surface area contributed by atoms with Gasteiger partial charge in [-0.25, -0.2) is 9.98 Å². The molecule has 2 aromatic rings. The molecule has 1 atom stereocenters. The summed E-state index contributed by atoms with van der Waals surface area (Å²) in [6.45, 7) is 5.81. The van der Waals surface area contributed by atoms with Crippen LogP contribution in [0.25, 0.3) is 11.3 Å². The number of pyridine rings is 1. The van der Waals surface area contributed by atoms with E-state index in [2.05, 4.69) is 50.4 Å². The first-order valence-electron chi connectivity index (χ1n) is 10.3. The normalized spacial score (nSPS) is 21.3. The molecule has 7 nitrogen and oxygen atoms in total. The van der Waals surface area contributed by atoms with Gasteiger partial charge in [0.15, 0.2) is 0 Å². The lowest BCUT2D eigenvalue weighted by Gasteiger charge is -2.29. The molecule has 0 bridgehead atoms. The van der Waals surface area contributed by atoms with Crippen molar-refractivity contribution in [1.82, 2.24) is 9.88 Å². The van der Waals surface area contributed by atoms with E-state index in [1.807, 2.05) is 13.4 Å².